The molecule has 0 atom stereocenters. The van der Waals surface area contributed by atoms with E-state index in [4.69, 9.17) is 10.4 Å². The van der Waals surface area contributed by atoms with Gasteiger partial charge in [-0.25, -0.2) is 4.79 Å². The maximum atomic E-state index is 11.2. The fourth-order valence-corrected chi connectivity index (χ4v) is 0.807. The fraction of sp³-hybridized carbons (Fsp3) is 0.625. The highest BCUT2D eigenvalue weighted by Crippen LogP contribution is 2.02. The molecule has 0 aromatic carbocycles. The molecule has 0 fully saturated rings. The Morgan fingerprint density at radius 2 is 2.15 bits per heavy atom. The Morgan fingerprint density at radius 1 is 1.62 bits per heavy atom. The summed E-state index contributed by atoms with van der Waals surface area (Å²) in [4.78, 5) is 11.2. The molecule has 0 aliphatic heterocycles. The zero-order valence-electron chi connectivity index (χ0n) is 8.06. The molecule has 2 N–H and O–H groups in total. The van der Waals surface area contributed by atoms with Gasteiger partial charge in [0, 0.05) is 18.1 Å². The Labute approximate surface area is 77.0 Å². The van der Waals surface area contributed by atoms with Gasteiger partial charge in [0.1, 0.15) is 0 Å². The minimum Gasteiger partial charge on any atom is -0.410 e. The Hall–Kier alpha value is -1.39. The Balaban J connectivity index is 4.53. The van der Waals surface area contributed by atoms with E-state index in [0.29, 0.717) is 11.2 Å². The average Bonchev–Trinajstić information content (AvgIpc) is 2.11. The van der Waals surface area contributed by atoms with Gasteiger partial charge in [0.2, 0.25) is 6.21 Å². The second-order valence-corrected chi connectivity index (χ2v) is 3.05. The van der Waals surface area contributed by atoms with Gasteiger partial charge in [-0.15, -0.1) is 0 Å². The third kappa shape index (κ3) is 3.68. The van der Waals surface area contributed by atoms with Crippen LogP contribution < -0.4 is 0 Å². The van der Waals surface area contributed by atoms with Crippen LogP contribution in [0.1, 0.15) is 27.2 Å². The van der Waals surface area contributed by atoms with Crippen LogP contribution in [0.15, 0.2) is 5.16 Å². The SMILES string of the molecule is C/C=[N+](\O)C(=O)/C(CC(C)C)=N/O. The number of oxime groups is 1. The molecule has 0 bridgehead atoms. The number of hydrogen-bond acceptors (Lipinski definition) is 4. The second kappa shape index (κ2) is 5.29. The molecule has 0 radical (unpaired) electrons. The van der Waals surface area contributed by atoms with E-state index in [1.54, 1.807) is 0 Å². The third-order valence-electron chi connectivity index (χ3n) is 1.42. The van der Waals surface area contributed by atoms with E-state index in [2.05, 4.69) is 5.16 Å². The first-order valence-electron chi connectivity index (χ1n) is 4.05. The summed E-state index contributed by atoms with van der Waals surface area (Å²) in [6.07, 6.45) is 1.52. The van der Waals surface area contributed by atoms with Crippen LogP contribution in [0.2, 0.25) is 0 Å². The molecule has 1 amide bonds. The predicted octanol–water partition coefficient (Wildman–Crippen LogP) is 0.882. The topological polar surface area (TPSA) is 72.9 Å². The lowest BCUT2D eigenvalue weighted by atomic mass is 10.1. The molecule has 0 unspecified atom stereocenters. The highest BCUT2D eigenvalue weighted by molar-refractivity contribution is 6.35. The van der Waals surface area contributed by atoms with Gasteiger partial charge in [0.15, 0.2) is 5.71 Å². The van der Waals surface area contributed by atoms with E-state index < -0.39 is 5.91 Å². The summed E-state index contributed by atoms with van der Waals surface area (Å²) in [5, 5.41) is 20.3. The fourth-order valence-electron chi connectivity index (χ4n) is 0.807. The lowest BCUT2D eigenvalue weighted by Crippen LogP contribution is -2.27. The van der Waals surface area contributed by atoms with Gasteiger partial charge >= 0.3 is 5.91 Å². The first-order valence-corrected chi connectivity index (χ1v) is 4.05. The first-order chi connectivity index (χ1) is 6.02. The maximum absolute atomic E-state index is 11.2. The zero-order chi connectivity index (χ0) is 10.4. The molecule has 0 saturated heterocycles. The molecule has 74 valence electrons. The van der Waals surface area contributed by atoms with Gasteiger partial charge in [0.05, 0.1) is 0 Å². The molecular formula is C8H15N2O3+. The summed E-state index contributed by atoms with van der Waals surface area (Å²) in [7, 11) is 0. The van der Waals surface area contributed by atoms with E-state index in [1.165, 1.54) is 13.1 Å². The molecule has 0 spiro atoms. The van der Waals surface area contributed by atoms with Crippen molar-refractivity contribution in [2.75, 3.05) is 0 Å². The van der Waals surface area contributed by atoms with Crippen LogP contribution in [0.4, 0.5) is 0 Å². The predicted molar refractivity (Wildman–Crippen MR) is 47.5 cm³/mol. The maximum Gasteiger partial charge on any atom is 0.483 e. The highest BCUT2D eigenvalue weighted by atomic mass is 16.5. The number of carbonyl (C=O) groups is 1. The van der Waals surface area contributed by atoms with E-state index in [9.17, 15) is 4.79 Å². The van der Waals surface area contributed by atoms with Crippen molar-refractivity contribution in [2.24, 2.45) is 11.1 Å². The second-order valence-electron chi connectivity index (χ2n) is 3.05. The number of hydrogen-bond donors (Lipinski definition) is 2. The van der Waals surface area contributed by atoms with E-state index >= 15 is 0 Å². The molecular weight excluding hydrogens is 172 g/mol. The number of nitrogens with zero attached hydrogens (tertiary/aromatic N) is 2. The van der Waals surface area contributed by atoms with Crippen molar-refractivity contribution in [3.05, 3.63) is 0 Å². The smallest absolute Gasteiger partial charge is 0.410 e. The molecule has 0 rings (SSSR count). The van der Waals surface area contributed by atoms with Crippen molar-refractivity contribution in [3.63, 3.8) is 0 Å². The van der Waals surface area contributed by atoms with Crippen molar-refractivity contribution in [2.45, 2.75) is 27.2 Å². The minimum atomic E-state index is -0.696. The van der Waals surface area contributed by atoms with Gasteiger partial charge in [-0.1, -0.05) is 19.0 Å². The number of rotatable bonds is 3. The van der Waals surface area contributed by atoms with Gasteiger partial charge in [-0.3, -0.25) is 5.21 Å². The summed E-state index contributed by atoms with van der Waals surface area (Å²) < 4.78 is 0.400. The van der Waals surface area contributed by atoms with Crippen molar-refractivity contribution < 1.29 is 19.9 Å². The van der Waals surface area contributed by atoms with Crippen LogP contribution in [-0.2, 0) is 4.79 Å². The lowest BCUT2D eigenvalue weighted by Gasteiger charge is -2.00. The van der Waals surface area contributed by atoms with Gasteiger partial charge in [0.25, 0.3) is 0 Å². The van der Waals surface area contributed by atoms with Crippen LogP contribution in [0.5, 0.6) is 0 Å². The summed E-state index contributed by atoms with van der Waals surface area (Å²) in [6, 6.07) is 0. The van der Waals surface area contributed by atoms with Crippen LogP contribution in [-0.4, -0.2) is 33.0 Å². The van der Waals surface area contributed by atoms with Gasteiger partial charge in [-0.2, -0.15) is 0 Å². The Morgan fingerprint density at radius 3 is 2.46 bits per heavy atom. The summed E-state index contributed by atoms with van der Waals surface area (Å²) in [5.41, 5.74) is -0.0457. The molecule has 0 heterocycles. The van der Waals surface area contributed by atoms with E-state index in [-0.39, 0.29) is 11.6 Å². The summed E-state index contributed by atoms with van der Waals surface area (Å²) in [6.45, 7) is 5.27. The number of hydroxylamine groups is 1. The summed E-state index contributed by atoms with van der Waals surface area (Å²) >= 11 is 0. The Bertz CT molecular complexity index is 244. The van der Waals surface area contributed by atoms with Crippen LogP contribution in [0.3, 0.4) is 0 Å². The zero-order valence-corrected chi connectivity index (χ0v) is 8.06. The Kier molecular flexibility index (Phi) is 4.72. The molecule has 5 heteroatoms. The monoisotopic (exact) mass is 187 g/mol. The van der Waals surface area contributed by atoms with Crippen molar-refractivity contribution in [3.8, 4) is 0 Å². The molecule has 0 aliphatic rings. The molecule has 5 nitrogen and oxygen atoms in total. The van der Waals surface area contributed by atoms with Crippen molar-refractivity contribution in [1.29, 1.82) is 0 Å². The largest absolute Gasteiger partial charge is 0.483 e. The van der Waals surface area contributed by atoms with Crippen molar-refractivity contribution >= 4 is 17.8 Å². The molecule has 13 heavy (non-hydrogen) atoms. The molecule has 0 aromatic heterocycles. The van der Waals surface area contributed by atoms with Gasteiger partial charge < -0.3 is 5.21 Å². The molecule has 0 aromatic rings. The quantitative estimate of drug-likeness (QED) is 0.226. The molecule has 0 saturated carbocycles. The van der Waals surface area contributed by atoms with Gasteiger partial charge in [-0.05, 0) is 5.92 Å². The average molecular weight is 187 g/mol. The van der Waals surface area contributed by atoms with Crippen LogP contribution in [0, 0.1) is 5.92 Å². The normalized spacial score (nSPS) is 13.5. The highest BCUT2D eigenvalue weighted by Gasteiger charge is 2.25. The minimum absolute atomic E-state index is 0.0457. The van der Waals surface area contributed by atoms with Crippen molar-refractivity contribution in [1.82, 2.24) is 0 Å². The van der Waals surface area contributed by atoms with Crippen LogP contribution >= 0.6 is 0 Å². The standard InChI is InChI=1S/C8H14N2O3/c1-4-10(13)8(11)7(9-12)5-6(2)3/h4,6H,5H2,1-3H3,(H-,11,12,13)/p+1/b10-4-. The molecule has 0 aliphatic carbocycles. The van der Waals surface area contributed by atoms with Crippen LogP contribution in [0.25, 0.3) is 0 Å². The summed E-state index contributed by atoms with van der Waals surface area (Å²) in [5.74, 6) is -0.501. The lowest BCUT2D eigenvalue weighted by molar-refractivity contribution is -0.698. The van der Waals surface area contributed by atoms with E-state index in [1.807, 2.05) is 13.8 Å². The number of carbonyl (C=O) groups excluding carboxylic acids is 1. The first kappa shape index (κ1) is 11.6. The number of amides is 1. The third-order valence-corrected chi connectivity index (χ3v) is 1.42. The van der Waals surface area contributed by atoms with E-state index in [0.717, 1.165) is 0 Å².